The first-order valence-electron chi connectivity index (χ1n) is 9.25. The first-order chi connectivity index (χ1) is 15.4. The van der Waals surface area contributed by atoms with E-state index < -0.39 is 37.8 Å². The highest BCUT2D eigenvalue weighted by atomic mass is 32.2. The van der Waals surface area contributed by atoms with Gasteiger partial charge in [0.1, 0.15) is 11.6 Å². The van der Waals surface area contributed by atoms with Crippen molar-refractivity contribution in [3.05, 3.63) is 54.3 Å². The van der Waals surface area contributed by atoms with Gasteiger partial charge in [-0.3, -0.25) is 0 Å². The molecule has 1 saturated heterocycles. The number of benzene rings is 2. The zero-order valence-corrected chi connectivity index (χ0v) is 18.9. The Morgan fingerprint density at radius 3 is 1.39 bits per heavy atom. The van der Waals surface area contributed by atoms with E-state index in [4.69, 9.17) is 24.5 Å². The second-order valence-electron chi connectivity index (χ2n) is 6.55. The molecule has 0 radical (unpaired) electrons. The lowest BCUT2D eigenvalue weighted by Crippen LogP contribution is -2.50. The van der Waals surface area contributed by atoms with E-state index in [0.29, 0.717) is 5.75 Å². The van der Waals surface area contributed by atoms with Crippen LogP contribution >= 0.6 is 0 Å². The molecule has 0 atom stereocenters. The molecule has 180 valence electrons. The molecule has 1 aliphatic rings. The van der Waals surface area contributed by atoms with Gasteiger partial charge in [0.05, 0.1) is 16.9 Å². The number of halogens is 1. The van der Waals surface area contributed by atoms with Crippen LogP contribution in [0.1, 0.15) is 0 Å². The van der Waals surface area contributed by atoms with Crippen LogP contribution in [0.5, 0.6) is 5.75 Å². The van der Waals surface area contributed by atoms with E-state index in [2.05, 4.69) is 0 Å². The fourth-order valence-corrected chi connectivity index (χ4v) is 5.65. The molecule has 1 fully saturated rings. The molecule has 11 nitrogen and oxygen atoms in total. The minimum Gasteiger partial charge on any atom is -0.497 e. The number of carboxylic acids is 2. The fourth-order valence-electron chi connectivity index (χ4n) is 2.80. The van der Waals surface area contributed by atoms with E-state index in [9.17, 15) is 21.2 Å². The summed E-state index contributed by atoms with van der Waals surface area (Å²) in [7, 11) is -6.02. The van der Waals surface area contributed by atoms with Gasteiger partial charge in [-0.15, -0.1) is 0 Å². The third kappa shape index (κ3) is 6.47. The summed E-state index contributed by atoms with van der Waals surface area (Å²) in [5.41, 5.74) is 0. The Kier molecular flexibility index (Phi) is 8.49. The number of hydrogen-bond donors (Lipinski definition) is 2. The van der Waals surface area contributed by atoms with Crippen molar-refractivity contribution >= 4 is 32.0 Å². The maximum atomic E-state index is 13.0. The van der Waals surface area contributed by atoms with E-state index >= 15 is 0 Å². The van der Waals surface area contributed by atoms with Crippen molar-refractivity contribution in [3.63, 3.8) is 0 Å². The van der Waals surface area contributed by atoms with Crippen molar-refractivity contribution in [1.82, 2.24) is 8.61 Å². The number of ether oxygens (including phenoxy) is 1. The Hall–Kier alpha value is -3.07. The summed E-state index contributed by atoms with van der Waals surface area (Å²) in [6, 6.07) is 10.6. The maximum absolute atomic E-state index is 13.0. The third-order valence-electron chi connectivity index (χ3n) is 4.53. The molecule has 1 aliphatic heterocycles. The van der Waals surface area contributed by atoms with Crippen molar-refractivity contribution < 1.29 is 45.8 Å². The minimum absolute atomic E-state index is 0.0182. The number of aliphatic carboxylic acids is 2. The normalized spacial score (nSPS) is 15.2. The van der Waals surface area contributed by atoms with Gasteiger partial charge in [-0.2, -0.15) is 8.61 Å². The lowest BCUT2D eigenvalue weighted by Gasteiger charge is -2.33. The van der Waals surface area contributed by atoms with Crippen LogP contribution in [0.2, 0.25) is 0 Å². The SMILES string of the molecule is COc1ccc(S(=O)(=O)N2CCN(S(=O)(=O)c3ccc(F)cc3)CC2)cc1.O=C(O)C(=O)O. The lowest BCUT2D eigenvalue weighted by atomic mass is 10.3. The van der Waals surface area contributed by atoms with Gasteiger partial charge in [-0.25, -0.2) is 30.8 Å². The summed E-state index contributed by atoms with van der Waals surface area (Å²) in [5, 5.41) is 14.8. The number of nitrogens with zero attached hydrogens (tertiary/aromatic N) is 2. The number of sulfonamides is 2. The first-order valence-corrected chi connectivity index (χ1v) is 12.1. The number of methoxy groups -OCH3 is 1. The average Bonchev–Trinajstić information content (AvgIpc) is 2.80. The highest BCUT2D eigenvalue weighted by Crippen LogP contribution is 2.23. The maximum Gasteiger partial charge on any atom is 0.414 e. The largest absolute Gasteiger partial charge is 0.497 e. The van der Waals surface area contributed by atoms with Gasteiger partial charge >= 0.3 is 11.9 Å². The molecule has 33 heavy (non-hydrogen) atoms. The monoisotopic (exact) mass is 504 g/mol. The molecule has 2 aromatic carbocycles. The smallest absolute Gasteiger partial charge is 0.414 e. The van der Waals surface area contributed by atoms with Crippen LogP contribution in [-0.4, -0.2) is 80.9 Å². The molecular formula is C19H21FN2O9S2. The molecule has 1 heterocycles. The quantitative estimate of drug-likeness (QED) is 0.559. The van der Waals surface area contributed by atoms with E-state index in [1.54, 1.807) is 12.1 Å². The number of hydrogen-bond acceptors (Lipinski definition) is 7. The minimum atomic E-state index is -3.79. The molecule has 0 aromatic heterocycles. The van der Waals surface area contributed by atoms with Crippen LogP contribution in [-0.2, 0) is 29.6 Å². The Labute approximate surface area is 189 Å². The average molecular weight is 505 g/mol. The molecule has 2 aromatic rings. The first kappa shape index (κ1) is 26.2. The lowest BCUT2D eigenvalue weighted by molar-refractivity contribution is -0.159. The molecule has 0 bridgehead atoms. The molecule has 3 rings (SSSR count). The topological polar surface area (TPSA) is 159 Å². The van der Waals surface area contributed by atoms with E-state index in [1.807, 2.05) is 0 Å². The highest BCUT2D eigenvalue weighted by molar-refractivity contribution is 7.89. The van der Waals surface area contributed by atoms with Crippen LogP contribution < -0.4 is 4.74 Å². The van der Waals surface area contributed by atoms with Crippen molar-refractivity contribution in [1.29, 1.82) is 0 Å². The Morgan fingerprint density at radius 2 is 1.09 bits per heavy atom. The standard InChI is InChI=1S/C17H19FN2O5S2.C2H2O4/c1-25-15-4-8-17(9-5-15)27(23,24)20-12-10-19(11-13-20)26(21,22)16-6-2-14(18)3-7-16;3-1(4)2(5)6/h2-9H,10-13H2,1H3;(H,3,4)(H,5,6). The van der Waals surface area contributed by atoms with Gasteiger partial charge in [0.15, 0.2) is 0 Å². The van der Waals surface area contributed by atoms with Gasteiger partial charge in [-0.05, 0) is 48.5 Å². The van der Waals surface area contributed by atoms with Gasteiger partial charge in [0.25, 0.3) is 0 Å². The van der Waals surface area contributed by atoms with E-state index in [-0.39, 0.29) is 36.0 Å². The molecule has 14 heteroatoms. The molecule has 2 N–H and O–H groups in total. The number of rotatable bonds is 5. The number of carbonyl (C=O) groups is 2. The molecule has 0 amide bonds. The van der Waals surface area contributed by atoms with Crippen LogP contribution in [0.4, 0.5) is 4.39 Å². The van der Waals surface area contributed by atoms with Crippen molar-refractivity contribution in [2.75, 3.05) is 33.3 Å². The molecule has 0 aliphatic carbocycles. The van der Waals surface area contributed by atoms with Gasteiger partial charge in [0.2, 0.25) is 20.0 Å². The second kappa shape index (κ2) is 10.7. The summed E-state index contributed by atoms with van der Waals surface area (Å²) in [6.07, 6.45) is 0. The van der Waals surface area contributed by atoms with Crippen LogP contribution in [0.15, 0.2) is 58.3 Å². The highest BCUT2D eigenvalue weighted by Gasteiger charge is 2.33. The predicted octanol–water partition coefficient (Wildman–Crippen LogP) is 0.685. The summed E-state index contributed by atoms with van der Waals surface area (Å²) >= 11 is 0. The van der Waals surface area contributed by atoms with Crippen LogP contribution in [0.3, 0.4) is 0 Å². The van der Waals surface area contributed by atoms with Crippen molar-refractivity contribution in [2.45, 2.75) is 9.79 Å². The predicted molar refractivity (Wildman–Crippen MR) is 112 cm³/mol. The van der Waals surface area contributed by atoms with Crippen molar-refractivity contribution in [3.8, 4) is 5.75 Å². The Morgan fingerprint density at radius 1 is 0.758 bits per heavy atom. The van der Waals surface area contributed by atoms with Crippen molar-refractivity contribution in [2.24, 2.45) is 0 Å². The number of carboxylic acid groups (broad SMARTS) is 2. The summed E-state index contributed by atoms with van der Waals surface area (Å²) in [6.45, 7) is 0.119. The van der Waals surface area contributed by atoms with Gasteiger partial charge in [-0.1, -0.05) is 0 Å². The zero-order valence-electron chi connectivity index (χ0n) is 17.3. The third-order valence-corrected chi connectivity index (χ3v) is 8.35. The molecule has 0 spiro atoms. The van der Waals surface area contributed by atoms with Crippen LogP contribution in [0.25, 0.3) is 0 Å². The molecular weight excluding hydrogens is 483 g/mol. The van der Waals surface area contributed by atoms with Crippen LogP contribution in [0, 0.1) is 5.82 Å². The second-order valence-corrected chi connectivity index (χ2v) is 10.4. The zero-order chi connectivity index (χ0) is 24.8. The van der Waals surface area contributed by atoms with E-state index in [0.717, 1.165) is 12.1 Å². The van der Waals surface area contributed by atoms with E-state index in [1.165, 1.54) is 40.0 Å². The fraction of sp³-hybridized carbons (Fsp3) is 0.263. The summed E-state index contributed by atoms with van der Waals surface area (Å²) in [4.78, 5) is 18.3. The summed E-state index contributed by atoms with van der Waals surface area (Å²) < 4.78 is 71.2. The van der Waals surface area contributed by atoms with Gasteiger partial charge in [0, 0.05) is 26.2 Å². The summed E-state index contributed by atoms with van der Waals surface area (Å²) in [5.74, 6) is -3.63. The molecule has 0 saturated carbocycles. The van der Waals surface area contributed by atoms with Gasteiger partial charge < -0.3 is 14.9 Å². The Balaban J connectivity index is 0.000000569. The Bertz CT molecular complexity index is 1180. The molecule has 0 unspecified atom stereocenters. The number of piperazine rings is 1.